The molecule has 0 saturated heterocycles. The molecule has 112 valence electrons. The van der Waals surface area contributed by atoms with Crippen LogP contribution in [0.4, 0.5) is 13.2 Å². The van der Waals surface area contributed by atoms with Crippen LogP contribution >= 0.6 is 0 Å². The molecule has 4 nitrogen and oxygen atoms in total. The van der Waals surface area contributed by atoms with E-state index in [4.69, 9.17) is 11.5 Å². The average Bonchev–Trinajstić information content (AvgIpc) is 2.26. The summed E-state index contributed by atoms with van der Waals surface area (Å²) >= 11 is 0. The molecule has 0 spiro atoms. The average molecular weight is 281 g/mol. The Bertz CT molecular complexity index is 322. The van der Waals surface area contributed by atoms with Crippen molar-refractivity contribution < 1.29 is 18.0 Å². The molecule has 4 N–H and O–H groups in total. The summed E-state index contributed by atoms with van der Waals surface area (Å²) < 4.78 is 37.7. The molecule has 1 amide bonds. The van der Waals surface area contributed by atoms with Crippen molar-refractivity contribution in [3.63, 3.8) is 0 Å². The van der Waals surface area contributed by atoms with Crippen LogP contribution in [0.25, 0.3) is 0 Å². The second-order valence-corrected chi connectivity index (χ2v) is 5.36. The molecule has 0 aromatic rings. The highest BCUT2D eigenvalue weighted by atomic mass is 19.4. The van der Waals surface area contributed by atoms with Gasteiger partial charge in [-0.1, -0.05) is 6.92 Å². The number of amides is 1. The topological polar surface area (TPSA) is 72.3 Å². The maximum atomic E-state index is 12.6. The monoisotopic (exact) mass is 281 g/mol. The van der Waals surface area contributed by atoms with Crippen molar-refractivity contribution in [3.8, 4) is 0 Å². The van der Waals surface area contributed by atoms with Crippen LogP contribution in [0.5, 0.6) is 0 Å². The highest BCUT2D eigenvalue weighted by Crippen LogP contribution is 2.31. The molecule has 0 aromatic heterocycles. The maximum absolute atomic E-state index is 12.6. The summed E-state index contributed by atoms with van der Waals surface area (Å²) in [5.74, 6) is -0.624. The number of carbonyl (C=O) groups is 1. The fourth-order valence-electron chi connectivity index (χ4n) is 2.72. The second kappa shape index (κ2) is 6.09. The molecule has 0 heterocycles. The van der Waals surface area contributed by atoms with Crippen LogP contribution in [0.3, 0.4) is 0 Å². The number of nitrogens with zero attached hydrogens (tertiary/aromatic N) is 1. The van der Waals surface area contributed by atoms with Gasteiger partial charge in [0.15, 0.2) is 0 Å². The predicted octanol–water partition coefficient (Wildman–Crippen LogP) is 1.39. The molecule has 1 fully saturated rings. The first kappa shape index (κ1) is 16.2. The molecule has 2 atom stereocenters. The van der Waals surface area contributed by atoms with E-state index in [9.17, 15) is 18.0 Å². The van der Waals surface area contributed by atoms with Gasteiger partial charge in [-0.15, -0.1) is 0 Å². The van der Waals surface area contributed by atoms with E-state index in [1.165, 1.54) is 4.90 Å². The van der Waals surface area contributed by atoms with Gasteiger partial charge in [-0.2, -0.15) is 13.2 Å². The largest absolute Gasteiger partial charge is 0.401 e. The highest BCUT2D eigenvalue weighted by Gasteiger charge is 2.42. The van der Waals surface area contributed by atoms with Gasteiger partial charge in [0, 0.05) is 6.04 Å². The Balaban J connectivity index is 2.76. The Morgan fingerprint density at radius 3 is 2.58 bits per heavy atom. The normalized spacial score (nSPS) is 28.6. The van der Waals surface area contributed by atoms with Gasteiger partial charge in [0.2, 0.25) is 5.91 Å². The zero-order valence-corrected chi connectivity index (χ0v) is 11.2. The summed E-state index contributed by atoms with van der Waals surface area (Å²) in [5.41, 5.74) is 10.0. The standard InChI is InChI=1S/C12H22F3N3O/c1-2-6-18(8-12(13,14)15)9-4-3-5-11(17,7-9)10(16)19/h9H,2-8,17H2,1H3,(H2,16,19). The van der Waals surface area contributed by atoms with Crippen LogP contribution < -0.4 is 11.5 Å². The lowest BCUT2D eigenvalue weighted by Gasteiger charge is -2.41. The molecule has 2 unspecified atom stereocenters. The first-order valence-electron chi connectivity index (χ1n) is 6.57. The lowest BCUT2D eigenvalue weighted by Crippen LogP contribution is -2.59. The number of halogens is 3. The van der Waals surface area contributed by atoms with E-state index in [1.807, 2.05) is 6.92 Å². The van der Waals surface area contributed by atoms with Crippen molar-refractivity contribution in [2.75, 3.05) is 13.1 Å². The summed E-state index contributed by atoms with van der Waals surface area (Å²) in [4.78, 5) is 12.7. The van der Waals surface area contributed by atoms with Crippen molar-refractivity contribution in [3.05, 3.63) is 0 Å². The minimum atomic E-state index is -4.24. The van der Waals surface area contributed by atoms with Gasteiger partial charge in [0.25, 0.3) is 0 Å². The summed E-state index contributed by atoms with van der Waals surface area (Å²) in [6.45, 7) is 1.22. The zero-order valence-electron chi connectivity index (χ0n) is 11.2. The van der Waals surface area contributed by atoms with Gasteiger partial charge in [-0.05, 0) is 38.6 Å². The SMILES string of the molecule is CCCN(CC(F)(F)F)C1CCCC(N)(C(N)=O)C1. The van der Waals surface area contributed by atoms with Crippen LogP contribution in [-0.2, 0) is 4.79 Å². The number of carbonyl (C=O) groups excluding carboxylic acids is 1. The molecule has 0 radical (unpaired) electrons. The van der Waals surface area contributed by atoms with E-state index in [2.05, 4.69) is 0 Å². The van der Waals surface area contributed by atoms with Gasteiger partial charge < -0.3 is 11.5 Å². The number of primary amides is 1. The van der Waals surface area contributed by atoms with Crippen molar-refractivity contribution in [1.82, 2.24) is 4.90 Å². The third kappa shape index (κ3) is 4.65. The fourth-order valence-corrected chi connectivity index (χ4v) is 2.72. The second-order valence-electron chi connectivity index (χ2n) is 5.36. The number of hydrogen-bond donors (Lipinski definition) is 2. The van der Waals surface area contributed by atoms with Crippen LogP contribution in [0.15, 0.2) is 0 Å². The van der Waals surface area contributed by atoms with Crippen molar-refractivity contribution in [1.29, 1.82) is 0 Å². The molecule has 0 aromatic carbocycles. The third-order valence-electron chi connectivity index (χ3n) is 3.66. The minimum absolute atomic E-state index is 0.207. The van der Waals surface area contributed by atoms with E-state index < -0.39 is 24.2 Å². The van der Waals surface area contributed by atoms with Gasteiger partial charge in [-0.25, -0.2) is 0 Å². The first-order chi connectivity index (χ1) is 8.68. The van der Waals surface area contributed by atoms with Gasteiger partial charge in [0.1, 0.15) is 0 Å². The van der Waals surface area contributed by atoms with Gasteiger partial charge >= 0.3 is 6.18 Å². The van der Waals surface area contributed by atoms with Crippen LogP contribution in [-0.4, -0.2) is 41.7 Å². The maximum Gasteiger partial charge on any atom is 0.401 e. The Morgan fingerprint density at radius 2 is 2.11 bits per heavy atom. The molecule has 7 heteroatoms. The van der Waals surface area contributed by atoms with Crippen molar-refractivity contribution >= 4 is 5.91 Å². The van der Waals surface area contributed by atoms with E-state index in [1.54, 1.807) is 0 Å². The van der Waals surface area contributed by atoms with E-state index in [0.717, 1.165) is 0 Å². The van der Waals surface area contributed by atoms with Crippen LogP contribution in [0.2, 0.25) is 0 Å². The molecular formula is C12H22F3N3O. The summed E-state index contributed by atoms with van der Waals surface area (Å²) in [7, 11) is 0. The number of rotatable bonds is 5. The van der Waals surface area contributed by atoms with Gasteiger partial charge in [-0.3, -0.25) is 9.69 Å². The lowest BCUT2D eigenvalue weighted by molar-refractivity contribution is -0.153. The summed E-state index contributed by atoms with van der Waals surface area (Å²) in [6, 6.07) is -0.326. The van der Waals surface area contributed by atoms with Crippen LogP contribution in [0, 0.1) is 0 Å². The molecule has 1 saturated carbocycles. The summed E-state index contributed by atoms with van der Waals surface area (Å²) in [6.07, 6.45) is -1.70. The number of hydrogen-bond acceptors (Lipinski definition) is 3. The van der Waals surface area contributed by atoms with Crippen molar-refractivity contribution in [2.45, 2.75) is 56.8 Å². The van der Waals surface area contributed by atoms with Crippen LogP contribution in [0.1, 0.15) is 39.0 Å². The molecule has 19 heavy (non-hydrogen) atoms. The Kier molecular flexibility index (Phi) is 5.20. The molecule has 1 rings (SSSR count). The minimum Gasteiger partial charge on any atom is -0.368 e. The lowest BCUT2D eigenvalue weighted by atomic mass is 9.78. The van der Waals surface area contributed by atoms with E-state index in [-0.39, 0.29) is 12.5 Å². The Labute approximate surface area is 111 Å². The zero-order chi connectivity index (χ0) is 14.7. The molecule has 1 aliphatic carbocycles. The van der Waals surface area contributed by atoms with Gasteiger partial charge in [0.05, 0.1) is 12.1 Å². The highest BCUT2D eigenvalue weighted by molar-refractivity contribution is 5.84. The van der Waals surface area contributed by atoms with E-state index in [0.29, 0.717) is 32.2 Å². The number of alkyl halides is 3. The Hall–Kier alpha value is -0.820. The summed E-state index contributed by atoms with van der Waals surface area (Å²) in [5, 5.41) is 0. The van der Waals surface area contributed by atoms with E-state index >= 15 is 0 Å². The first-order valence-corrected chi connectivity index (χ1v) is 6.57. The molecule has 1 aliphatic rings. The molecule has 0 aliphatic heterocycles. The molecule has 0 bridgehead atoms. The predicted molar refractivity (Wildman–Crippen MR) is 66.3 cm³/mol. The smallest absolute Gasteiger partial charge is 0.368 e. The quantitative estimate of drug-likeness (QED) is 0.799. The number of nitrogens with two attached hydrogens (primary N) is 2. The Morgan fingerprint density at radius 1 is 1.47 bits per heavy atom. The van der Waals surface area contributed by atoms with Crippen molar-refractivity contribution in [2.24, 2.45) is 11.5 Å². The molecular weight excluding hydrogens is 259 g/mol. The third-order valence-corrected chi connectivity index (χ3v) is 3.66. The fraction of sp³-hybridized carbons (Fsp3) is 0.917.